The first-order chi connectivity index (χ1) is 13.5. The van der Waals surface area contributed by atoms with E-state index < -0.39 is 0 Å². The van der Waals surface area contributed by atoms with Crippen LogP contribution in [0.15, 0.2) is 12.1 Å². The molecule has 0 bridgehead atoms. The molecule has 28 heavy (non-hydrogen) atoms. The summed E-state index contributed by atoms with van der Waals surface area (Å²) in [5.74, 6) is 0. The SMILES string of the molecule is CCCCc1ccc2c(c1CCCC)-c1c(CCCC)c(C)c(C)c(Cl)c1C2. The van der Waals surface area contributed by atoms with Crippen LogP contribution in [0.2, 0.25) is 5.02 Å². The molecule has 152 valence electrons. The molecule has 0 radical (unpaired) electrons. The highest BCUT2D eigenvalue weighted by molar-refractivity contribution is 6.33. The Hall–Kier alpha value is -1.27. The first-order valence-corrected chi connectivity index (χ1v) is 11.9. The lowest BCUT2D eigenvalue weighted by Crippen LogP contribution is -2.03. The number of aryl methyl sites for hydroxylation is 1. The predicted octanol–water partition coefficient (Wildman–Crippen LogP) is 8.56. The third-order valence-electron chi connectivity index (χ3n) is 6.69. The zero-order valence-corrected chi connectivity index (χ0v) is 19.4. The molecule has 2 aromatic rings. The summed E-state index contributed by atoms with van der Waals surface area (Å²) >= 11 is 6.92. The average molecular weight is 397 g/mol. The predicted molar refractivity (Wildman–Crippen MR) is 125 cm³/mol. The Balaban J connectivity index is 2.24. The minimum atomic E-state index is 1.01. The number of benzene rings is 2. The molecule has 0 heterocycles. The maximum atomic E-state index is 6.92. The van der Waals surface area contributed by atoms with E-state index in [0.717, 1.165) is 11.4 Å². The molecule has 0 nitrogen and oxygen atoms in total. The van der Waals surface area contributed by atoms with Crippen molar-refractivity contribution in [3.05, 3.63) is 56.1 Å². The normalized spacial score (nSPS) is 12.4. The maximum Gasteiger partial charge on any atom is 0.0479 e. The van der Waals surface area contributed by atoms with E-state index in [4.69, 9.17) is 11.6 Å². The van der Waals surface area contributed by atoms with Crippen molar-refractivity contribution < 1.29 is 0 Å². The van der Waals surface area contributed by atoms with Crippen molar-refractivity contribution in [3.8, 4) is 11.1 Å². The van der Waals surface area contributed by atoms with Crippen molar-refractivity contribution in [2.75, 3.05) is 0 Å². The Labute approximate surface area is 177 Å². The molecule has 1 heteroatoms. The molecule has 0 saturated heterocycles. The fourth-order valence-electron chi connectivity index (χ4n) is 4.86. The Morgan fingerprint density at radius 1 is 0.750 bits per heavy atom. The average Bonchev–Trinajstić information content (AvgIpc) is 3.09. The first-order valence-electron chi connectivity index (χ1n) is 11.5. The van der Waals surface area contributed by atoms with Crippen LogP contribution in [0.25, 0.3) is 11.1 Å². The van der Waals surface area contributed by atoms with Gasteiger partial charge in [-0.15, -0.1) is 0 Å². The molecule has 0 unspecified atom stereocenters. The van der Waals surface area contributed by atoms with Gasteiger partial charge in [-0.25, -0.2) is 0 Å². The van der Waals surface area contributed by atoms with Crippen LogP contribution in [-0.2, 0) is 25.7 Å². The van der Waals surface area contributed by atoms with Crippen LogP contribution in [0, 0.1) is 13.8 Å². The van der Waals surface area contributed by atoms with Crippen LogP contribution >= 0.6 is 11.6 Å². The largest absolute Gasteiger partial charge is 0.0837 e. The van der Waals surface area contributed by atoms with E-state index in [9.17, 15) is 0 Å². The summed E-state index contributed by atoms with van der Waals surface area (Å²) in [5, 5.41) is 1.01. The van der Waals surface area contributed by atoms with Gasteiger partial charge in [0.15, 0.2) is 0 Å². The molecule has 0 spiro atoms. The van der Waals surface area contributed by atoms with Gasteiger partial charge in [0, 0.05) is 11.4 Å². The van der Waals surface area contributed by atoms with Crippen LogP contribution in [-0.4, -0.2) is 0 Å². The summed E-state index contributed by atoms with van der Waals surface area (Å²) in [6.07, 6.45) is 12.1. The first kappa shape index (κ1) is 21.4. The van der Waals surface area contributed by atoms with E-state index in [1.807, 2.05) is 0 Å². The van der Waals surface area contributed by atoms with E-state index in [2.05, 4.69) is 46.8 Å². The van der Waals surface area contributed by atoms with E-state index in [0.29, 0.717) is 0 Å². The highest BCUT2D eigenvalue weighted by atomic mass is 35.5. The van der Waals surface area contributed by atoms with Gasteiger partial charge in [-0.1, -0.05) is 63.8 Å². The second kappa shape index (κ2) is 9.49. The minimum absolute atomic E-state index is 1.01. The molecule has 0 fully saturated rings. The fraction of sp³-hybridized carbons (Fsp3) is 0.556. The van der Waals surface area contributed by atoms with Crippen molar-refractivity contribution in [1.29, 1.82) is 0 Å². The smallest absolute Gasteiger partial charge is 0.0479 e. The molecule has 0 atom stereocenters. The summed E-state index contributed by atoms with van der Waals surface area (Å²) in [5.41, 5.74) is 13.5. The summed E-state index contributed by atoms with van der Waals surface area (Å²) in [7, 11) is 0. The lowest BCUT2D eigenvalue weighted by molar-refractivity contribution is 0.758. The molecule has 0 amide bonds. The number of fused-ring (bicyclic) bond motifs is 3. The Bertz CT molecular complexity index is 844. The van der Waals surface area contributed by atoms with Crippen LogP contribution in [0.1, 0.15) is 98.2 Å². The fourth-order valence-corrected chi connectivity index (χ4v) is 5.16. The lowest BCUT2D eigenvalue weighted by Gasteiger charge is -2.21. The number of hydrogen-bond donors (Lipinski definition) is 0. The van der Waals surface area contributed by atoms with Crippen LogP contribution in [0.3, 0.4) is 0 Å². The molecule has 1 aliphatic carbocycles. The van der Waals surface area contributed by atoms with Crippen LogP contribution < -0.4 is 0 Å². The molecule has 1 aliphatic rings. The molecule has 0 N–H and O–H groups in total. The van der Waals surface area contributed by atoms with Crippen molar-refractivity contribution in [3.63, 3.8) is 0 Å². The zero-order valence-electron chi connectivity index (χ0n) is 18.6. The van der Waals surface area contributed by atoms with Crippen molar-refractivity contribution in [1.82, 2.24) is 0 Å². The van der Waals surface area contributed by atoms with Crippen LogP contribution in [0.4, 0.5) is 0 Å². The van der Waals surface area contributed by atoms with Gasteiger partial charge in [-0.05, 0) is 102 Å². The second-order valence-electron chi connectivity index (χ2n) is 8.62. The van der Waals surface area contributed by atoms with Gasteiger partial charge in [0.05, 0.1) is 0 Å². The Morgan fingerprint density at radius 3 is 2.00 bits per heavy atom. The van der Waals surface area contributed by atoms with Gasteiger partial charge in [-0.2, -0.15) is 0 Å². The van der Waals surface area contributed by atoms with E-state index in [1.54, 1.807) is 22.3 Å². The van der Waals surface area contributed by atoms with Gasteiger partial charge in [0.1, 0.15) is 0 Å². The number of hydrogen-bond acceptors (Lipinski definition) is 0. The molecular weight excluding hydrogens is 360 g/mol. The monoisotopic (exact) mass is 396 g/mol. The van der Waals surface area contributed by atoms with Crippen molar-refractivity contribution >= 4 is 11.6 Å². The highest BCUT2D eigenvalue weighted by Crippen LogP contribution is 2.48. The molecule has 0 aliphatic heterocycles. The quantitative estimate of drug-likeness (QED) is 0.339. The molecule has 0 saturated carbocycles. The summed E-state index contributed by atoms with van der Waals surface area (Å²) in [6, 6.07) is 4.82. The van der Waals surface area contributed by atoms with Gasteiger partial charge >= 0.3 is 0 Å². The Kier molecular flexibility index (Phi) is 7.26. The molecule has 2 aromatic carbocycles. The third kappa shape index (κ3) is 3.90. The van der Waals surface area contributed by atoms with Crippen LogP contribution in [0.5, 0.6) is 0 Å². The summed E-state index contributed by atoms with van der Waals surface area (Å²) in [6.45, 7) is 11.4. The summed E-state index contributed by atoms with van der Waals surface area (Å²) in [4.78, 5) is 0. The number of unbranched alkanes of at least 4 members (excludes halogenated alkanes) is 3. The zero-order chi connectivity index (χ0) is 20.3. The maximum absolute atomic E-state index is 6.92. The van der Waals surface area contributed by atoms with E-state index in [-0.39, 0.29) is 0 Å². The van der Waals surface area contributed by atoms with Crippen molar-refractivity contribution in [2.45, 2.75) is 98.8 Å². The molecule has 0 aromatic heterocycles. The topological polar surface area (TPSA) is 0 Å². The summed E-state index contributed by atoms with van der Waals surface area (Å²) < 4.78 is 0. The number of rotatable bonds is 9. The standard InChI is InChI=1S/C27H37Cl/c1-6-9-12-20-15-16-21-17-24-26(25(21)23(20)14-11-8-3)22(13-10-7-2)18(4)19(5)27(24)28/h15-16H,6-14,17H2,1-5H3. The van der Waals surface area contributed by atoms with E-state index >= 15 is 0 Å². The second-order valence-corrected chi connectivity index (χ2v) is 9.00. The van der Waals surface area contributed by atoms with Gasteiger partial charge in [0.25, 0.3) is 0 Å². The van der Waals surface area contributed by atoms with Gasteiger partial charge < -0.3 is 0 Å². The number of halogens is 1. The molecular formula is C27H37Cl. The van der Waals surface area contributed by atoms with Crippen molar-refractivity contribution in [2.24, 2.45) is 0 Å². The third-order valence-corrected chi connectivity index (χ3v) is 7.20. The van der Waals surface area contributed by atoms with Gasteiger partial charge in [0.2, 0.25) is 0 Å². The molecule has 3 rings (SSSR count). The van der Waals surface area contributed by atoms with E-state index in [1.165, 1.54) is 85.6 Å². The highest BCUT2D eigenvalue weighted by Gasteiger charge is 2.29. The Morgan fingerprint density at radius 2 is 1.36 bits per heavy atom. The lowest BCUT2D eigenvalue weighted by atomic mass is 9.85. The minimum Gasteiger partial charge on any atom is -0.0837 e. The van der Waals surface area contributed by atoms with Gasteiger partial charge in [-0.3, -0.25) is 0 Å².